The lowest BCUT2D eigenvalue weighted by Gasteiger charge is -2.64. The largest absolute Gasteiger partial charge is 0.458 e. The maximum absolute atomic E-state index is 12.2. The van der Waals surface area contributed by atoms with Crippen LogP contribution >= 0.6 is 15.9 Å². The van der Waals surface area contributed by atoms with Crippen LogP contribution in [-0.4, -0.2) is 37.0 Å². The maximum atomic E-state index is 12.2. The van der Waals surface area contributed by atoms with Crippen LogP contribution in [0.25, 0.3) is 0 Å². The molecule has 2 aliphatic carbocycles. The molecule has 3 heterocycles. The Morgan fingerprint density at radius 1 is 1.03 bits per heavy atom. The van der Waals surface area contributed by atoms with E-state index in [1.165, 1.54) is 0 Å². The molecule has 0 spiro atoms. The quantitative estimate of drug-likeness (QED) is 0.470. The Morgan fingerprint density at radius 3 is 2.61 bits per heavy atom. The molecule has 4 fully saturated rings. The SMILES string of the molecule is CC12CC[C@@H]3[C@]4(C)COC(c5ccccc5Br)O[C@@H]4CC[C@@]3(C)[C@@H]1CC(C1=CCOC1=O)O2. The van der Waals surface area contributed by atoms with Crippen LogP contribution in [0, 0.1) is 22.7 Å². The van der Waals surface area contributed by atoms with Gasteiger partial charge in [-0.3, -0.25) is 0 Å². The summed E-state index contributed by atoms with van der Waals surface area (Å²) in [7, 11) is 0. The van der Waals surface area contributed by atoms with Crippen molar-refractivity contribution in [2.75, 3.05) is 13.2 Å². The predicted octanol–water partition coefficient (Wildman–Crippen LogP) is 5.73. The smallest absolute Gasteiger partial charge is 0.336 e. The predicted molar refractivity (Wildman–Crippen MR) is 126 cm³/mol. The molecule has 3 aliphatic heterocycles. The molecule has 2 saturated carbocycles. The molecule has 33 heavy (non-hydrogen) atoms. The lowest BCUT2D eigenvalue weighted by Crippen LogP contribution is -2.63. The molecule has 0 radical (unpaired) electrons. The van der Waals surface area contributed by atoms with Crippen LogP contribution in [-0.2, 0) is 23.7 Å². The molecule has 5 nitrogen and oxygen atoms in total. The highest BCUT2D eigenvalue weighted by Gasteiger charge is 2.66. The number of ether oxygens (including phenoxy) is 4. The minimum absolute atomic E-state index is 0.0320. The Kier molecular flexibility index (Phi) is 5.16. The van der Waals surface area contributed by atoms with E-state index in [0.717, 1.165) is 47.7 Å². The summed E-state index contributed by atoms with van der Waals surface area (Å²) in [6.07, 6.45) is 6.76. The second kappa shape index (κ2) is 7.64. The van der Waals surface area contributed by atoms with Crippen molar-refractivity contribution in [2.45, 2.75) is 77.0 Å². The van der Waals surface area contributed by atoms with Gasteiger partial charge in [0.25, 0.3) is 0 Å². The van der Waals surface area contributed by atoms with Gasteiger partial charge in [-0.15, -0.1) is 0 Å². The van der Waals surface area contributed by atoms with Crippen LogP contribution in [0.4, 0.5) is 0 Å². The lowest BCUT2D eigenvalue weighted by molar-refractivity contribution is -0.314. The van der Waals surface area contributed by atoms with Crippen molar-refractivity contribution >= 4 is 21.9 Å². The van der Waals surface area contributed by atoms with Crippen LogP contribution in [0.3, 0.4) is 0 Å². The van der Waals surface area contributed by atoms with Gasteiger partial charge in [0.05, 0.1) is 30.0 Å². The fourth-order valence-corrected chi connectivity index (χ4v) is 8.54. The average Bonchev–Trinajstić information content (AvgIpc) is 3.37. The molecule has 6 rings (SSSR count). The molecule has 1 aromatic carbocycles. The molecule has 8 atom stereocenters. The third-order valence-corrected chi connectivity index (χ3v) is 10.4. The topological polar surface area (TPSA) is 54.0 Å². The van der Waals surface area contributed by atoms with Crippen molar-refractivity contribution < 1.29 is 23.7 Å². The highest BCUT2D eigenvalue weighted by molar-refractivity contribution is 9.10. The molecular formula is C27H33BrO5. The number of cyclic esters (lactones) is 1. The van der Waals surface area contributed by atoms with Gasteiger partial charge < -0.3 is 18.9 Å². The summed E-state index contributed by atoms with van der Waals surface area (Å²) in [5.41, 5.74) is 1.69. The molecule has 0 N–H and O–H groups in total. The van der Waals surface area contributed by atoms with E-state index in [1.54, 1.807) is 0 Å². The number of hydrogen-bond donors (Lipinski definition) is 0. The molecule has 2 saturated heterocycles. The number of benzene rings is 1. The molecular weight excluding hydrogens is 484 g/mol. The van der Waals surface area contributed by atoms with E-state index in [4.69, 9.17) is 18.9 Å². The summed E-state index contributed by atoms with van der Waals surface area (Å²) >= 11 is 3.66. The van der Waals surface area contributed by atoms with Crippen LogP contribution in [0.2, 0.25) is 0 Å². The van der Waals surface area contributed by atoms with Crippen molar-refractivity contribution in [3.63, 3.8) is 0 Å². The average molecular weight is 517 g/mol. The van der Waals surface area contributed by atoms with Crippen LogP contribution in [0.5, 0.6) is 0 Å². The Hall–Kier alpha value is -1.21. The normalized spacial score (nSPS) is 46.7. The van der Waals surface area contributed by atoms with Gasteiger partial charge in [-0.2, -0.15) is 0 Å². The Balaban J connectivity index is 1.26. The molecule has 0 bridgehead atoms. The summed E-state index contributed by atoms with van der Waals surface area (Å²) in [5, 5.41) is 0. The third kappa shape index (κ3) is 3.24. The van der Waals surface area contributed by atoms with Crippen LogP contribution in [0.15, 0.2) is 40.4 Å². The molecule has 6 heteroatoms. The van der Waals surface area contributed by atoms with Gasteiger partial charge in [0, 0.05) is 15.5 Å². The zero-order chi connectivity index (χ0) is 23.0. The van der Waals surface area contributed by atoms with E-state index in [-0.39, 0.29) is 40.9 Å². The highest BCUT2D eigenvalue weighted by atomic mass is 79.9. The fraction of sp³-hybridized carbons (Fsp3) is 0.667. The number of carbonyl (C=O) groups is 1. The van der Waals surface area contributed by atoms with E-state index in [1.807, 2.05) is 24.3 Å². The molecule has 1 aromatic rings. The van der Waals surface area contributed by atoms with E-state index in [2.05, 4.69) is 42.8 Å². The van der Waals surface area contributed by atoms with Crippen molar-refractivity contribution in [3.05, 3.63) is 46.0 Å². The highest BCUT2D eigenvalue weighted by Crippen LogP contribution is 2.67. The van der Waals surface area contributed by atoms with Gasteiger partial charge in [-0.25, -0.2) is 4.79 Å². The minimum atomic E-state index is -0.323. The van der Waals surface area contributed by atoms with E-state index >= 15 is 0 Å². The van der Waals surface area contributed by atoms with Gasteiger partial charge >= 0.3 is 5.97 Å². The van der Waals surface area contributed by atoms with Crippen LogP contribution in [0.1, 0.15) is 64.7 Å². The molecule has 0 aromatic heterocycles. The molecule has 0 amide bonds. The zero-order valence-corrected chi connectivity index (χ0v) is 21.2. The van der Waals surface area contributed by atoms with E-state index < -0.39 is 0 Å². The van der Waals surface area contributed by atoms with Crippen molar-refractivity contribution in [2.24, 2.45) is 22.7 Å². The van der Waals surface area contributed by atoms with Gasteiger partial charge in [0.1, 0.15) is 6.61 Å². The van der Waals surface area contributed by atoms with E-state index in [0.29, 0.717) is 25.0 Å². The molecule has 5 aliphatic rings. The summed E-state index contributed by atoms with van der Waals surface area (Å²) < 4.78 is 25.9. The Labute approximate surface area is 204 Å². The number of carbonyl (C=O) groups excluding carboxylic acids is 1. The monoisotopic (exact) mass is 516 g/mol. The van der Waals surface area contributed by atoms with Crippen molar-refractivity contribution in [3.8, 4) is 0 Å². The Bertz CT molecular complexity index is 1010. The van der Waals surface area contributed by atoms with Crippen molar-refractivity contribution in [1.82, 2.24) is 0 Å². The van der Waals surface area contributed by atoms with Crippen molar-refractivity contribution in [1.29, 1.82) is 0 Å². The molecule has 3 unspecified atom stereocenters. The number of hydrogen-bond acceptors (Lipinski definition) is 5. The third-order valence-electron chi connectivity index (χ3n) is 9.69. The first-order valence-electron chi connectivity index (χ1n) is 12.3. The number of esters is 1. The van der Waals surface area contributed by atoms with Gasteiger partial charge in [-0.1, -0.05) is 48.0 Å². The summed E-state index contributed by atoms with van der Waals surface area (Å²) in [6.45, 7) is 8.19. The number of fused-ring (bicyclic) bond motifs is 5. The first-order valence-corrected chi connectivity index (χ1v) is 13.1. The summed E-state index contributed by atoms with van der Waals surface area (Å²) in [4.78, 5) is 12.2. The maximum Gasteiger partial charge on any atom is 0.336 e. The number of halogens is 1. The fourth-order valence-electron chi connectivity index (χ4n) is 8.07. The number of rotatable bonds is 2. The minimum Gasteiger partial charge on any atom is -0.458 e. The molecule has 178 valence electrons. The van der Waals surface area contributed by atoms with E-state index in [9.17, 15) is 4.79 Å². The lowest BCUT2D eigenvalue weighted by atomic mass is 9.44. The Morgan fingerprint density at radius 2 is 1.85 bits per heavy atom. The first-order chi connectivity index (χ1) is 15.7. The first kappa shape index (κ1) is 22.3. The second-order valence-electron chi connectivity index (χ2n) is 11.4. The summed E-state index contributed by atoms with van der Waals surface area (Å²) in [5.74, 6) is 0.697. The van der Waals surface area contributed by atoms with Gasteiger partial charge in [-0.05, 0) is 68.4 Å². The second-order valence-corrected chi connectivity index (χ2v) is 12.3. The zero-order valence-electron chi connectivity index (χ0n) is 19.6. The van der Waals surface area contributed by atoms with Crippen LogP contribution < -0.4 is 0 Å². The van der Waals surface area contributed by atoms with Gasteiger partial charge in [0.2, 0.25) is 0 Å². The standard InChI is InChI=1S/C27H33BrO5/c1-25-11-9-22-26(2,15-31-24(32-22)16-6-4-5-7-18(16)28)20(25)8-12-27(3)21(25)14-19(33-27)17-10-13-30-23(17)29/h4-7,10,19-22,24H,8-9,11-15H2,1-3H3/t19?,20-,21-,22+,24?,25+,26-,27?/m0/s1. The summed E-state index contributed by atoms with van der Waals surface area (Å²) in [6, 6.07) is 8.17. The van der Waals surface area contributed by atoms with Gasteiger partial charge in [0.15, 0.2) is 6.29 Å².